The maximum atomic E-state index is 12.9. The Labute approximate surface area is 517 Å². The summed E-state index contributed by atoms with van der Waals surface area (Å²) in [5.41, 5.74) is 0. The molecule has 484 valence electrons. The van der Waals surface area contributed by atoms with Crippen LogP contribution >= 0.6 is 0 Å². The van der Waals surface area contributed by atoms with Crippen LogP contribution in [0.2, 0.25) is 0 Å². The number of hydrogen-bond acceptors (Lipinski definition) is 6. The van der Waals surface area contributed by atoms with Crippen LogP contribution in [0.3, 0.4) is 0 Å². The fourth-order valence-electron chi connectivity index (χ4n) is 11.1. The average molecular weight is 1160 g/mol. The molecule has 0 saturated heterocycles. The maximum absolute atomic E-state index is 12.9. The molecule has 0 radical (unpaired) electrons. The van der Waals surface area contributed by atoms with Crippen molar-refractivity contribution in [3.63, 3.8) is 0 Å². The molecule has 0 saturated carbocycles. The van der Waals surface area contributed by atoms with Gasteiger partial charge in [-0.25, -0.2) is 0 Å². The van der Waals surface area contributed by atoms with Gasteiger partial charge in [-0.05, 0) is 64.2 Å². The molecule has 1 unspecified atom stereocenters. The molecule has 83 heavy (non-hydrogen) atoms. The Balaban J connectivity index is 4.10. The van der Waals surface area contributed by atoms with Crippen molar-refractivity contribution in [2.24, 2.45) is 0 Å². The van der Waals surface area contributed by atoms with Crippen LogP contribution in [-0.4, -0.2) is 37.2 Å². The van der Waals surface area contributed by atoms with E-state index in [2.05, 4.69) is 81.5 Å². The van der Waals surface area contributed by atoms with Gasteiger partial charge in [0.05, 0.1) is 0 Å². The number of hydrogen-bond donors (Lipinski definition) is 0. The summed E-state index contributed by atoms with van der Waals surface area (Å²) in [6, 6.07) is 0. The predicted molar refractivity (Wildman–Crippen MR) is 362 cm³/mol. The third-order valence-electron chi connectivity index (χ3n) is 16.5. The van der Waals surface area contributed by atoms with Crippen molar-refractivity contribution in [1.29, 1.82) is 0 Å². The standard InChI is InChI=1S/C77H140O6/c1-4-7-10-13-16-19-22-25-28-29-30-31-32-33-34-35-36-37-38-39-40-41-42-43-44-45-46-47-50-52-55-58-61-64-67-70-76(79)82-73-74(83-77(80)71-68-65-62-59-56-53-49-27-24-21-18-15-12-9-6-3)72-81-75(78)69-66-63-60-57-54-51-48-26-23-20-17-14-11-8-5-2/h7,10,16,19,25,28,30-31,33-34,74H,4-6,8-9,11-15,17-18,20-24,26-27,29,32,35-73H2,1-3H3/b10-7-,19-16-,28-25-,31-30-,34-33-. The molecular formula is C77H140O6. The van der Waals surface area contributed by atoms with E-state index in [0.717, 1.165) is 89.9 Å². The van der Waals surface area contributed by atoms with Crippen molar-refractivity contribution in [1.82, 2.24) is 0 Å². The fourth-order valence-corrected chi connectivity index (χ4v) is 11.1. The lowest BCUT2D eigenvalue weighted by molar-refractivity contribution is -0.167. The van der Waals surface area contributed by atoms with Gasteiger partial charge in [0.2, 0.25) is 0 Å². The van der Waals surface area contributed by atoms with Crippen molar-refractivity contribution in [3.05, 3.63) is 60.8 Å². The van der Waals surface area contributed by atoms with Crippen molar-refractivity contribution >= 4 is 17.9 Å². The van der Waals surface area contributed by atoms with Gasteiger partial charge in [0.15, 0.2) is 6.10 Å². The third-order valence-corrected chi connectivity index (χ3v) is 16.5. The maximum Gasteiger partial charge on any atom is 0.306 e. The molecule has 0 aliphatic carbocycles. The Bertz CT molecular complexity index is 1470. The van der Waals surface area contributed by atoms with E-state index in [1.807, 2.05) is 0 Å². The molecule has 6 heteroatoms. The monoisotopic (exact) mass is 1160 g/mol. The summed E-state index contributed by atoms with van der Waals surface area (Å²) in [6.45, 7) is 6.60. The molecular weight excluding hydrogens is 1020 g/mol. The second-order valence-corrected chi connectivity index (χ2v) is 24.8. The zero-order valence-corrected chi connectivity index (χ0v) is 55.7. The quantitative estimate of drug-likeness (QED) is 0.0261. The number of carbonyl (C=O) groups excluding carboxylic acids is 3. The van der Waals surface area contributed by atoms with Crippen molar-refractivity contribution in [2.45, 2.75) is 399 Å². The van der Waals surface area contributed by atoms with Crippen LogP contribution in [0.4, 0.5) is 0 Å². The highest BCUT2D eigenvalue weighted by molar-refractivity contribution is 5.71. The molecule has 0 heterocycles. The molecule has 0 rings (SSSR count). The molecule has 0 aromatic heterocycles. The average Bonchev–Trinajstić information content (AvgIpc) is 3.49. The smallest absolute Gasteiger partial charge is 0.306 e. The van der Waals surface area contributed by atoms with Gasteiger partial charge in [0, 0.05) is 19.3 Å². The highest BCUT2D eigenvalue weighted by Gasteiger charge is 2.19. The van der Waals surface area contributed by atoms with E-state index >= 15 is 0 Å². The Morgan fingerprint density at radius 1 is 0.253 bits per heavy atom. The van der Waals surface area contributed by atoms with E-state index in [4.69, 9.17) is 14.2 Å². The van der Waals surface area contributed by atoms with Gasteiger partial charge in [-0.3, -0.25) is 14.4 Å². The predicted octanol–water partition coefficient (Wildman–Crippen LogP) is 25.5. The van der Waals surface area contributed by atoms with Gasteiger partial charge in [-0.2, -0.15) is 0 Å². The van der Waals surface area contributed by atoms with E-state index in [-0.39, 0.29) is 31.1 Å². The van der Waals surface area contributed by atoms with Crippen molar-refractivity contribution in [2.75, 3.05) is 13.2 Å². The molecule has 0 aliphatic rings. The summed E-state index contributed by atoms with van der Waals surface area (Å²) in [5.74, 6) is -0.833. The first-order chi connectivity index (χ1) is 41.0. The van der Waals surface area contributed by atoms with Crippen LogP contribution in [0.15, 0.2) is 60.8 Å². The minimum absolute atomic E-state index is 0.0650. The molecule has 6 nitrogen and oxygen atoms in total. The lowest BCUT2D eigenvalue weighted by Gasteiger charge is -2.18. The van der Waals surface area contributed by atoms with E-state index in [1.54, 1.807) is 0 Å². The van der Waals surface area contributed by atoms with E-state index < -0.39 is 6.10 Å². The normalized spacial score (nSPS) is 12.4. The van der Waals surface area contributed by atoms with Gasteiger partial charge in [-0.15, -0.1) is 0 Å². The number of unbranched alkanes of at least 4 members (excludes halogenated alkanes) is 47. The summed E-state index contributed by atoms with van der Waals surface area (Å²) in [5, 5.41) is 0. The summed E-state index contributed by atoms with van der Waals surface area (Å²) in [6.07, 6.45) is 92.6. The van der Waals surface area contributed by atoms with E-state index in [1.165, 1.54) is 263 Å². The molecule has 0 spiro atoms. The Morgan fingerprint density at radius 2 is 0.470 bits per heavy atom. The number of esters is 3. The molecule has 0 aromatic rings. The summed E-state index contributed by atoms with van der Waals surface area (Å²) >= 11 is 0. The lowest BCUT2D eigenvalue weighted by Crippen LogP contribution is -2.30. The van der Waals surface area contributed by atoms with Gasteiger partial charge < -0.3 is 14.2 Å². The Kier molecular flexibility index (Phi) is 69.1. The second-order valence-electron chi connectivity index (χ2n) is 24.8. The SMILES string of the molecule is CC/C=C\C/C=C\C/C=C\C/C=C\C/C=C\CCCCCCCCCCCCCCCCCCCCCC(=O)OCC(COC(=O)CCCCCCCCCCCCCCCCC)OC(=O)CCCCCCCCCCCCCCCCC. The molecule has 0 amide bonds. The summed E-state index contributed by atoms with van der Waals surface area (Å²) in [7, 11) is 0. The first kappa shape index (κ1) is 80.1. The van der Waals surface area contributed by atoms with Crippen LogP contribution in [-0.2, 0) is 28.6 Å². The van der Waals surface area contributed by atoms with Crippen LogP contribution in [0.1, 0.15) is 393 Å². The first-order valence-electron chi connectivity index (χ1n) is 36.8. The first-order valence-corrected chi connectivity index (χ1v) is 36.8. The second kappa shape index (κ2) is 71.6. The van der Waals surface area contributed by atoms with Crippen molar-refractivity contribution < 1.29 is 28.6 Å². The number of allylic oxidation sites excluding steroid dienone is 10. The van der Waals surface area contributed by atoms with Gasteiger partial charge >= 0.3 is 17.9 Å². The highest BCUT2D eigenvalue weighted by Crippen LogP contribution is 2.19. The zero-order chi connectivity index (χ0) is 59.9. The largest absolute Gasteiger partial charge is 0.462 e. The van der Waals surface area contributed by atoms with E-state index in [0.29, 0.717) is 19.3 Å². The zero-order valence-electron chi connectivity index (χ0n) is 55.7. The number of rotatable bonds is 68. The Morgan fingerprint density at radius 3 is 0.735 bits per heavy atom. The highest BCUT2D eigenvalue weighted by atomic mass is 16.6. The summed E-state index contributed by atoms with van der Waals surface area (Å²) in [4.78, 5) is 38.4. The number of ether oxygens (including phenoxy) is 3. The molecule has 0 fully saturated rings. The van der Waals surface area contributed by atoms with Crippen LogP contribution in [0, 0.1) is 0 Å². The number of carbonyl (C=O) groups is 3. The fraction of sp³-hybridized carbons (Fsp3) is 0.831. The molecule has 0 bridgehead atoms. The molecule has 0 aliphatic heterocycles. The van der Waals surface area contributed by atoms with Gasteiger partial charge in [-0.1, -0.05) is 370 Å². The minimum Gasteiger partial charge on any atom is -0.462 e. The van der Waals surface area contributed by atoms with Crippen LogP contribution < -0.4 is 0 Å². The van der Waals surface area contributed by atoms with Crippen molar-refractivity contribution in [3.8, 4) is 0 Å². The van der Waals surface area contributed by atoms with Gasteiger partial charge in [0.1, 0.15) is 13.2 Å². The summed E-state index contributed by atoms with van der Waals surface area (Å²) < 4.78 is 17.0. The third kappa shape index (κ3) is 69.8. The molecule has 1 atom stereocenters. The Hall–Kier alpha value is -2.89. The topological polar surface area (TPSA) is 78.9 Å². The minimum atomic E-state index is -0.768. The molecule has 0 aromatic carbocycles. The van der Waals surface area contributed by atoms with Crippen LogP contribution in [0.5, 0.6) is 0 Å². The lowest BCUT2D eigenvalue weighted by atomic mass is 10.0. The van der Waals surface area contributed by atoms with Crippen LogP contribution in [0.25, 0.3) is 0 Å². The molecule has 0 N–H and O–H groups in total. The van der Waals surface area contributed by atoms with Gasteiger partial charge in [0.25, 0.3) is 0 Å². The van der Waals surface area contributed by atoms with E-state index in [9.17, 15) is 14.4 Å².